The highest BCUT2D eigenvalue weighted by Crippen LogP contribution is 2.29. The topological polar surface area (TPSA) is 67.3 Å². The van der Waals surface area contributed by atoms with E-state index in [0.29, 0.717) is 12.8 Å². The monoisotopic (exact) mass is 424 g/mol. The molecule has 3 rings (SSSR count). The van der Waals surface area contributed by atoms with E-state index >= 15 is 0 Å². The van der Waals surface area contributed by atoms with E-state index in [1.807, 2.05) is 36.4 Å². The maximum Gasteiger partial charge on any atom is 0.267 e. The molecule has 0 aliphatic heterocycles. The Bertz CT molecular complexity index is 965. The Labute approximate surface area is 153 Å². The van der Waals surface area contributed by atoms with Crippen molar-refractivity contribution in [3.05, 3.63) is 51.9 Å². The summed E-state index contributed by atoms with van der Waals surface area (Å²) in [5.74, 6) is 0. The Balaban J connectivity index is 1.82. The van der Waals surface area contributed by atoms with E-state index in [0.717, 1.165) is 30.8 Å². The molecule has 4 nitrogen and oxygen atoms in total. The molecule has 2 aromatic carbocycles. The zero-order valence-electron chi connectivity index (χ0n) is 12.9. The van der Waals surface area contributed by atoms with Gasteiger partial charge in [-0.2, -0.15) is 8.42 Å². The molecule has 1 aromatic heterocycles. The SMILES string of the molecule is CC(CCc1nc2[c]c(-c3ccc(Br)cc3)ccc2s1)S(=O)(=O)O. The molecule has 0 saturated heterocycles. The van der Waals surface area contributed by atoms with Crippen molar-refractivity contribution in [2.75, 3.05) is 0 Å². The van der Waals surface area contributed by atoms with Crippen molar-refractivity contribution in [3.8, 4) is 11.1 Å². The summed E-state index contributed by atoms with van der Waals surface area (Å²) in [5.41, 5.74) is 2.82. The maximum absolute atomic E-state index is 11.1. The number of fused-ring (bicyclic) bond motifs is 1. The third-order valence-corrected chi connectivity index (χ3v) is 6.64. The fourth-order valence-electron chi connectivity index (χ4n) is 2.29. The van der Waals surface area contributed by atoms with E-state index < -0.39 is 15.4 Å². The molecule has 1 heterocycles. The highest BCUT2D eigenvalue weighted by atomic mass is 79.9. The molecule has 0 amide bonds. The molecule has 1 N–H and O–H groups in total. The molecule has 24 heavy (non-hydrogen) atoms. The van der Waals surface area contributed by atoms with Gasteiger partial charge in [-0.05, 0) is 42.7 Å². The van der Waals surface area contributed by atoms with Crippen LogP contribution in [0.4, 0.5) is 0 Å². The lowest BCUT2D eigenvalue weighted by atomic mass is 10.1. The molecule has 0 fully saturated rings. The van der Waals surface area contributed by atoms with Gasteiger partial charge in [-0.15, -0.1) is 11.3 Å². The molecule has 0 spiro atoms. The third kappa shape index (κ3) is 4.03. The largest absolute Gasteiger partial charge is 0.285 e. The zero-order chi connectivity index (χ0) is 17.3. The first kappa shape index (κ1) is 17.5. The molecule has 1 radical (unpaired) electrons. The Morgan fingerprint density at radius 2 is 1.96 bits per heavy atom. The fourth-order valence-corrected chi connectivity index (χ4v) is 3.91. The molecule has 0 aliphatic carbocycles. The second kappa shape index (κ2) is 6.92. The van der Waals surface area contributed by atoms with Crippen LogP contribution in [0.1, 0.15) is 18.4 Å². The standard InChI is InChI=1S/C17H15BrNO3S2/c1-11(24(20,21)22)2-9-17-19-15-10-13(5-8-16(15)23-17)12-3-6-14(18)7-4-12/h3-8,11H,2,9H2,1H3,(H,20,21,22). The van der Waals surface area contributed by atoms with Crippen LogP contribution < -0.4 is 0 Å². The van der Waals surface area contributed by atoms with Gasteiger partial charge in [-0.1, -0.05) is 34.1 Å². The van der Waals surface area contributed by atoms with Gasteiger partial charge < -0.3 is 0 Å². The summed E-state index contributed by atoms with van der Waals surface area (Å²) in [5, 5.41) is 0.0662. The number of aryl methyl sites for hydroxylation is 1. The second-order valence-corrected chi connectivity index (χ2v) is 9.43. The number of nitrogens with zero attached hydrogens (tertiary/aromatic N) is 1. The predicted octanol–water partition coefficient (Wildman–Crippen LogP) is 4.73. The molecule has 0 saturated carbocycles. The number of hydrogen-bond donors (Lipinski definition) is 1. The Morgan fingerprint density at radius 1 is 1.25 bits per heavy atom. The summed E-state index contributed by atoms with van der Waals surface area (Å²) < 4.78 is 33.2. The average molecular weight is 425 g/mol. The van der Waals surface area contributed by atoms with Crippen molar-refractivity contribution < 1.29 is 13.0 Å². The Morgan fingerprint density at radius 3 is 2.62 bits per heavy atom. The van der Waals surface area contributed by atoms with Gasteiger partial charge in [-0.3, -0.25) is 4.55 Å². The smallest absolute Gasteiger partial charge is 0.267 e. The molecular weight excluding hydrogens is 410 g/mol. The number of thiazole rings is 1. The minimum atomic E-state index is -3.98. The summed E-state index contributed by atoms with van der Waals surface area (Å²) >= 11 is 4.95. The van der Waals surface area contributed by atoms with E-state index in [1.165, 1.54) is 18.3 Å². The summed E-state index contributed by atoms with van der Waals surface area (Å²) in [6, 6.07) is 15.3. The van der Waals surface area contributed by atoms with Crippen LogP contribution in [0.2, 0.25) is 0 Å². The van der Waals surface area contributed by atoms with Crippen LogP contribution in [0.15, 0.2) is 40.9 Å². The van der Waals surface area contributed by atoms with Gasteiger partial charge in [-0.25, -0.2) is 4.98 Å². The quantitative estimate of drug-likeness (QED) is 0.600. The van der Waals surface area contributed by atoms with Gasteiger partial charge in [0.25, 0.3) is 10.1 Å². The molecule has 1 atom stereocenters. The average Bonchev–Trinajstić information content (AvgIpc) is 2.94. The van der Waals surface area contributed by atoms with Crippen molar-refractivity contribution >= 4 is 47.6 Å². The molecule has 1 unspecified atom stereocenters. The first-order valence-corrected chi connectivity index (χ1v) is 10.5. The van der Waals surface area contributed by atoms with Crippen LogP contribution in [-0.4, -0.2) is 23.2 Å². The summed E-state index contributed by atoms with van der Waals surface area (Å²) in [6.07, 6.45) is 0.861. The number of halogens is 1. The van der Waals surface area contributed by atoms with Crippen molar-refractivity contribution in [1.29, 1.82) is 0 Å². The molecule has 3 aromatic rings. The second-order valence-electron chi connectivity index (χ2n) is 5.56. The summed E-state index contributed by atoms with van der Waals surface area (Å²) in [4.78, 5) is 4.55. The van der Waals surface area contributed by atoms with Crippen molar-refractivity contribution in [2.24, 2.45) is 0 Å². The normalized spacial score (nSPS) is 13.3. The van der Waals surface area contributed by atoms with Gasteiger partial charge in [0.2, 0.25) is 0 Å². The van der Waals surface area contributed by atoms with Gasteiger partial charge in [0, 0.05) is 17.0 Å². The van der Waals surface area contributed by atoms with Crippen molar-refractivity contribution in [3.63, 3.8) is 0 Å². The molecule has 7 heteroatoms. The maximum atomic E-state index is 11.1. The van der Waals surface area contributed by atoms with Crippen LogP contribution in [0, 0.1) is 6.07 Å². The fraction of sp³-hybridized carbons (Fsp3) is 0.235. The van der Waals surface area contributed by atoms with Gasteiger partial charge in [0.15, 0.2) is 0 Å². The van der Waals surface area contributed by atoms with Crippen LogP contribution in [0.5, 0.6) is 0 Å². The summed E-state index contributed by atoms with van der Waals surface area (Å²) in [6.45, 7) is 1.50. The Hall–Kier alpha value is -1.28. The minimum absolute atomic E-state index is 0.345. The zero-order valence-corrected chi connectivity index (χ0v) is 16.1. The van der Waals surface area contributed by atoms with Crippen LogP contribution in [-0.2, 0) is 16.5 Å². The van der Waals surface area contributed by atoms with Gasteiger partial charge >= 0.3 is 0 Å². The first-order chi connectivity index (χ1) is 11.3. The van der Waals surface area contributed by atoms with Crippen molar-refractivity contribution in [1.82, 2.24) is 4.98 Å². The van der Waals surface area contributed by atoms with E-state index in [1.54, 1.807) is 0 Å². The third-order valence-electron chi connectivity index (χ3n) is 3.78. The first-order valence-electron chi connectivity index (χ1n) is 7.37. The predicted molar refractivity (Wildman–Crippen MR) is 101 cm³/mol. The molecule has 0 aliphatic rings. The number of aromatic nitrogens is 1. The van der Waals surface area contributed by atoms with Crippen molar-refractivity contribution in [2.45, 2.75) is 25.0 Å². The molecule has 0 bridgehead atoms. The van der Waals surface area contributed by atoms with Crippen LogP contribution >= 0.6 is 27.3 Å². The highest BCUT2D eigenvalue weighted by molar-refractivity contribution is 9.10. The van der Waals surface area contributed by atoms with E-state index in [9.17, 15) is 8.42 Å². The van der Waals surface area contributed by atoms with Crippen LogP contribution in [0.3, 0.4) is 0 Å². The number of benzene rings is 2. The number of hydrogen-bond acceptors (Lipinski definition) is 4. The minimum Gasteiger partial charge on any atom is -0.285 e. The Kier molecular flexibility index (Phi) is 5.05. The lowest BCUT2D eigenvalue weighted by molar-refractivity contribution is 0.466. The highest BCUT2D eigenvalue weighted by Gasteiger charge is 2.17. The van der Waals surface area contributed by atoms with Gasteiger partial charge in [0.05, 0.1) is 20.5 Å². The van der Waals surface area contributed by atoms with E-state index in [-0.39, 0.29) is 0 Å². The van der Waals surface area contributed by atoms with Gasteiger partial charge in [0.1, 0.15) is 0 Å². The lowest BCUT2D eigenvalue weighted by Crippen LogP contribution is -2.17. The van der Waals surface area contributed by atoms with E-state index in [2.05, 4.69) is 27.0 Å². The van der Waals surface area contributed by atoms with E-state index in [4.69, 9.17) is 4.55 Å². The molecule has 125 valence electrons. The number of rotatable bonds is 5. The van der Waals surface area contributed by atoms with Crippen LogP contribution in [0.25, 0.3) is 21.3 Å². The summed E-state index contributed by atoms with van der Waals surface area (Å²) in [7, 11) is -3.98. The lowest BCUT2D eigenvalue weighted by Gasteiger charge is -2.05. The molecular formula is C17H15BrNO3S2.